The van der Waals surface area contributed by atoms with Crippen molar-refractivity contribution in [3.05, 3.63) is 42.4 Å². The molecule has 18 heavy (non-hydrogen) atoms. The fourth-order valence-electron chi connectivity index (χ4n) is 2.35. The van der Waals surface area contributed by atoms with Gasteiger partial charge >= 0.3 is 0 Å². The van der Waals surface area contributed by atoms with E-state index in [2.05, 4.69) is 16.7 Å². The molecule has 1 aliphatic rings. The summed E-state index contributed by atoms with van der Waals surface area (Å²) < 4.78 is 0. The smallest absolute Gasteiger partial charge is 0.265 e. The van der Waals surface area contributed by atoms with E-state index in [1.165, 1.54) is 6.42 Å². The van der Waals surface area contributed by atoms with Crippen LogP contribution < -0.4 is 5.32 Å². The van der Waals surface area contributed by atoms with Crippen molar-refractivity contribution in [1.29, 1.82) is 0 Å². The molecule has 0 bridgehead atoms. The third kappa shape index (κ3) is 2.84. The molecule has 0 saturated heterocycles. The Hall–Kier alpha value is -0.666. The number of para-hydroxylation sites is 1. The number of carbonyl (C=O) groups excluding carboxylic acids is 1. The average molecular weight is 316 g/mol. The van der Waals surface area contributed by atoms with E-state index >= 15 is 0 Å². The van der Waals surface area contributed by atoms with Crippen LogP contribution in [0.25, 0.3) is 10.9 Å². The molecule has 1 aliphatic carbocycles. The minimum Gasteiger partial charge on any atom is -0.378 e. The first kappa shape index (κ1) is 13.8. The summed E-state index contributed by atoms with van der Waals surface area (Å²) in [6, 6.07) is 10.1. The molecule has 1 saturated carbocycles. The number of carbonyl (C=O) groups is 1. The largest absolute Gasteiger partial charge is 0.378 e. The molecule has 1 heterocycles. The summed E-state index contributed by atoms with van der Waals surface area (Å²) in [5.74, 6) is -0.00986. The molecule has 1 unspecified atom stereocenters. The van der Waals surface area contributed by atoms with E-state index in [1.807, 2.05) is 30.3 Å². The van der Waals surface area contributed by atoms with Crippen LogP contribution in [0.3, 0.4) is 0 Å². The maximum absolute atomic E-state index is 12.0. The van der Waals surface area contributed by atoms with E-state index < -0.39 is 0 Å². The van der Waals surface area contributed by atoms with Gasteiger partial charge in [-0.05, 0) is 12.1 Å². The molecule has 1 fully saturated rings. The first-order valence-corrected chi connectivity index (χ1v) is 6.05. The average Bonchev–Trinajstić information content (AvgIpc) is 2.96. The van der Waals surface area contributed by atoms with Gasteiger partial charge < -0.3 is 16.7 Å². The third-order valence-electron chi connectivity index (χ3n) is 3.26. The van der Waals surface area contributed by atoms with Crippen molar-refractivity contribution in [3.63, 3.8) is 0 Å². The van der Waals surface area contributed by atoms with Crippen molar-refractivity contribution in [1.82, 2.24) is 10.3 Å². The second-order valence-electron chi connectivity index (χ2n) is 4.52. The van der Waals surface area contributed by atoms with Crippen molar-refractivity contribution in [2.24, 2.45) is 0 Å². The molecular formula is C14H15N2OY-. The Labute approximate surface area is 132 Å². The van der Waals surface area contributed by atoms with Crippen LogP contribution >= 0.6 is 0 Å². The van der Waals surface area contributed by atoms with Crippen LogP contribution in [-0.4, -0.2) is 16.9 Å². The van der Waals surface area contributed by atoms with Crippen molar-refractivity contribution >= 4 is 16.8 Å². The van der Waals surface area contributed by atoms with E-state index in [1.54, 1.807) is 0 Å². The fraction of sp³-hybridized carbons (Fsp3) is 0.286. The molecule has 1 radical (unpaired) electrons. The van der Waals surface area contributed by atoms with Gasteiger partial charge in [0.25, 0.3) is 5.91 Å². The van der Waals surface area contributed by atoms with Gasteiger partial charge in [0.05, 0.1) is 0 Å². The predicted octanol–water partition coefficient (Wildman–Crippen LogP) is 2.65. The maximum Gasteiger partial charge on any atom is 0.265 e. The van der Waals surface area contributed by atoms with Crippen LogP contribution in [0.4, 0.5) is 0 Å². The van der Waals surface area contributed by atoms with Crippen molar-refractivity contribution in [2.75, 3.05) is 0 Å². The molecule has 0 aliphatic heterocycles. The Morgan fingerprint density at radius 1 is 1.39 bits per heavy atom. The van der Waals surface area contributed by atoms with E-state index in [9.17, 15) is 4.79 Å². The summed E-state index contributed by atoms with van der Waals surface area (Å²) >= 11 is 0. The van der Waals surface area contributed by atoms with Gasteiger partial charge in [-0.3, -0.25) is 4.79 Å². The number of hydrogen-bond acceptors (Lipinski definition) is 1. The van der Waals surface area contributed by atoms with Gasteiger partial charge in [0.1, 0.15) is 5.69 Å². The molecule has 1 atom stereocenters. The number of benzene rings is 1. The van der Waals surface area contributed by atoms with Gasteiger partial charge in [-0.25, -0.2) is 0 Å². The minimum atomic E-state index is -0.00986. The molecule has 1 aromatic carbocycles. The van der Waals surface area contributed by atoms with Gasteiger partial charge in [0, 0.05) is 43.6 Å². The monoisotopic (exact) mass is 316 g/mol. The standard InChI is InChI=1S/C14H15N2O.Y/c17-14(15-11-6-2-3-7-11)13-9-10-5-1-4-8-12(10)16-13;/h1,4-6,8-9,11,16H,2-3,7H2,(H,15,17);/q-1;. The van der Waals surface area contributed by atoms with Gasteiger partial charge in [-0.1, -0.05) is 37.1 Å². The molecule has 91 valence electrons. The summed E-state index contributed by atoms with van der Waals surface area (Å²) in [7, 11) is 0. The SMILES string of the molecule is O=C(NC1[CH-]CCC1)c1cc2ccccc2[nH]1.[Y]. The number of aromatic nitrogens is 1. The molecule has 0 spiro atoms. The van der Waals surface area contributed by atoms with E-state index in [0.29, 0.717) is 5.69 Å². The Morgan fingerprint density at radius 2 is 2.22 bits per heavy atom. The van der Waals surface area contributed by atoms with Crippen molar-refractivity contribution in [2.45, 2.75) is 25.3 Å². The second-order valence-corrected chi connectivity index (χ2v) is 4.52. The zero-order valence-electron chi connectivity index (χ0n) is 10.1. The molecule has 1 aromatic heterocycles. The van der Waals surface area contributed by atoms with Crippen molar-refractivity contribution < 1.29 is 37.5 Å². The Bertz CT molecular complexity index is 510. The molecule has 3 rings (SSSR count). The zero-order chi connectivity index (χ0) is 11.7. The molecule has 1 amide bonds. The quantitative estimate of drug-likeness (QED) is 0.822. The number of H-pyrrole nitrogens is 1. The summed E-state index contributed by atoms with van der Waals surface area (Å²) in [6.07, 6.45) is 5.53. The summed E-state index contributed by atoms with van der Waals surface area (Å²) in [5.41, 5.74) is 1.65. The van der Waals surface area contributed by atoms with Crippen LogP contribution in [0.5, 0.6) is 0 Å². The van der Waals surface area contributed by atoms with Gasteiger partial charge in [0.2, 0.25) is 0 Å². The summed E-state index contributed by atoms with van der Waals surface area (Å²) in [5, 5.41) is 4.11. The Kier molecular flexibility index (Phi) is 4.57. The number of fused-ring (bicyclic) bond motifs is 1. The number of rotatable bonds is 2. The van der Waals surface area contributed by atoms with Gasteiger partial charge in [-0.15, -0.1) is 0 Å². The topological polar surface area (TPSA) is 44.9 Å². The summed E-state index contributed by atoms with van der Waals surface area (Å²) in [4.78, 5) is 15.2. The van der Waals surface area contributed by atoms with Gasteiger partial charge in [0.15, 0.2) is 0 Å². The number of amides is 1. The minimum absolute atomic E-state index is 0. The maximum atomic E-state index is 12.0. The number of hydrogen-bond donors (Lipinski definition) is 2. The Morgan fingerprint density at radius 3 is 2.94 bits per heavy atom. The molecule has 2 N–H and O–H groups in total. The predicted molar refractivity (Wildman–Crippen MR) is 67.7 cm³/mol. The van der Waals surface area contributed by atoms with Crippen LogP contribution in [-0.2, 0) is 32.7 Å². The molecular weight excluding hydrogens is 301 g/mol. The molecule has 3 nitrogen and oxygen atoms in total. The first-order chi connectivity index (χ1) is 8.33. The van der Waals surface area contributed by atoms with Crippen LogP contribution in [0.2, 0.25) is 0 Å². The van der Waals surface area contributed by atoms with Crippen LogP contribution in [0, 0.1) is 6.42 Å². The van der Waals surface area contributed by atoms with Crippen molar-refractivity contribution in [3.8, 4) is 0 Å². The zero-order valence-corrected chi connectivity index (χ0v) is 13.0. The summed E-state index contributed by atoms with van der Waals surface area (Å²) in [6.45, 7) is 0. The first-order valence-electron chi connectivity index (χ1n) is 6.05. The second kappa shape index (κ2) is 5.98. The Balaban J connectivity index is 0.00000120. The van der Waals surface area contributed by atoms with Gasteiger partial charge in [-0.2, -0.15) is 6.42 Å². The fourth-order valence-corrected chi connectivity index (χ4v) is 2.35. The van der Waals surface area contributed by atoms with Crippen LogP contribution in [0.15, 0.2) is 30.3 Å². The molecule has 2 aromatic rings. The van der Waals surface area contributed by atoms with E-state index in [4.69, 9.17) is 0 Å². The van der Waals surface area contributed by atoms with E-state index in [-0.39, 0.29) is 44.7 Å². The third-order valence-corrected chi connectivity index (χ3v) is 3.26. The normalized spacial score (nSPS) is 18.6. The van der Waals surface area contributed by atoms with E-state index in [0.717, 1.165) is 23.7 Å². The number of aromatic amines is 1. The molecule has 4 heteroatoms. The van der Waals surface area contributed by atoms with Crippen LogP contribution in [0.1, 0.15) is 29.8 Å². The number of nitrogens with one attached hydrogen (secondary N) is 2.